The van der Waals surface area contributed by atoms with Crippen LogP contribution in [-0.4, -0.2) is 31.8 Å². The average Bonchev–Trinajstić information content (AvgIpc) is 2.59. The number of aliphatic hydroxyl groups excluding tert-OH is 1. The number of carbonyl (C=O) groups is 1. The van der Waals surface area contributed by atoms with Gasteiger partial charge >= 0.3 is 0 Å². The van der Waals surface area contributed by atoms with Crippen molar-refractivity contribution in [2.24, 2.45) is 5.92 Å². The highest BCUT2D eigenvalue weighted by molar-refractivity contribution is 5.78. The minimum Gasteiger partial charge on any atom is -0.493 e. The summed E-state index contributed by atoms with van der Waals surface area (Å²) in [5, 5.41) is 13.1. The lowest BCUT2D eigenvalue weighted by Gasteiger charge is -2.22. The first-order valence-corrected chi connectivity index (χ1v) is 7.83. The van der Waals surface area contributed by atoms with E-state index in [2.05, 4.69) is 5.32 Å². The number of ether oxygens (including phenoxy) is 2. The molecule has 2 N–H and O–H groups in total. The summed E-state index contributed by atoms with van der Waals surface area (Å²) < 4.78 is 10.4. The third-order valence-corrected chi connectivity index (χ3v) is 4.24. The Labute approximate surface area is 131 Å². The summed E-state index contributed by atoms with van der Waals surface area (Å²) >= 11 is 0. The normalized spacial score (nSPS) is 16.9. The third-order valence-electron chi connectivity index (χ3n) is 4.24. The summed E-state index contributed by atoms with van der Waals surface area (Å²) in [4.78, 5) is 12.1. The summed E-state index contributed by atoms with van der Waals surface area (Å²) in [6.45, 7) is 0.213. The molecule has 0 aromatic heterocycles. The lowest BCUT2D eigenvalue weighted by molar-refractivity contribution is -0.126. The molecule has 1 unspecified atom stereocenters. The molecule has 0 radical (unpaired) electrons. The number of hydrogen-bond acceptors (Lipinski definition) is 4. The zero-order chi connectivity index (χ0) is 15.9. The average molecular weight is 307 g/mol. The van der Waals surface area contributed by atoms with E-state index in [4.69, 9.17) is 9.47 Å². The van der Waals surface area contributed by atoms with Crippen LogP contribution in [0.3, 0.4) is 0 Å². The van der Waals surface area contributed by atoms with Gasteiger partial charge in [-0.1, -0.05) is 25.3 Å². The second-order valence-electron chi connectivity index (χ2n) is 5.71. The van der Waals surface area contributed by atoms with Crippen LogP contribution in [0, 0.1) is 5.92 Å². The molecule has 0 saturated heterocycles. The Kier molecular flexibility index (Phi) is 6.07. The van der Waals surface area contributed by atoms with Crippen molar-refractivity contribution < 1.29 is 19.4 Å². The van der Waals surface area contributed by atoms with Gasteiger partial charge in [-0.3, -0.25) is 4.79 Å². The Morgan fingerprint density at radius 1 is 1.23 bits per heavy atom. The molecule has 1 aliphatic carbocycles. The fourth-order valence-corrected chi connectivity index (χ4v) is 2.88. The number of nitrogens with one attached hydrogen (secondary N) is 1. The van der Waals surface area contributed by atoms with Crippen LogP contribution in [-0.2, 0) is 4.79 Å². The highest BCUT2D eigenvalue weighted by atomic mass is 16.5. The molecule has 0 heterocycles. The van der Waals surface area contributed by atoms with Gasteiger partial charge < -0.3 is 19.9 Å². The van der Waals surface area contributed by atoms with Crippen molar-refractivity contribution in [1.82, 2.24) is 5.32 Å². The molecule has 22 heavy (non-hydrogen) atoms. The standard InChI is InChI=1S/C17H25NO4/c1-21-15-9-8-13(10-16(15)22-2)14(19)11-18-17(20)12-6-4-3-5-7-12/h8-10,12,14,19H,3-7,11H2,1-2H3,(H,18,20). The molecule has 1 aliphatic rings. The SMILES string of the molecule is COc1ccc(C(O)CNC(=O)C2CCCCC2)cc1OC. The van der Waals surface area contributed by atoms with E-state index in [1.54, 1.807) is 32.4 Å². The summed E-state index contributed by atoms with van der Waals surface area (Å²) in [6.07, 6.45) is 4.62. The minimum absolute atomic E-state index is 0.0548. The molecule has 0 aliphatic heterocycles. The maximum atomic E-state index is 12.1. The largest absolute Gasteiger partial charge is 0.493 e. The molecule has 2 rings (SSSR count). The van der Waals surface area contributed by atoms with Gasteiger partial charge in [0.15, 0.2) is 11.5 Å². The molecule has 1 aromatic rings. The summed E-state index contributed by atoms with van der Waals surface area (Å²) in [5.74, 6) is 1.34. The molecule has 5 nitrogen and oxygen atoms in total. The molecular formula is C17H25NO4. The first kappa shape index (κ1) is 16.6. The van der Waals surface area contributed by atoms with E-state index in [1.165, 1.54) is 6.42 Å². The van der Waals surface area contributed by atoms with Crippen molar-refractivity contribution in [3.05, 3.63) is 23.8 Å². The van der Waals surface area contributed by atoms with Crippen LogP contribution in [0.25, 0.3) is 0 Å². The van der Waals surface area contributed by atoms with E-state index < -0.39 is 6.10 Å². The lowest BCUT2D eigenvalue weighted by Crippen LogP contribution is -2.34. The fourth-order valence-electron chi connectivity index (χ4n) is 2.88. The Balaban J connectivity index is 1.91. The van der Waals surface area contributed by atoms with Crippen molar-refractivity contribution in [3.8, 4) is 11.5 Å². The first-order chi connectivity index (χ1) is 10.7. The van der Waals surface area contributed by atoms with Gasteiger partial charge in [-0.05, 0) is 30.5 Å². The molecular weight excluding hydrogens is 282 g/mol. The summed E-state index contributed by atoms with van der Waals surface area (Å²) in [5.41, 5.74) is 0.696. The van der Waals surface area contributed by atoms with Gasteiger partial charge in [-0.25, -0.2) is 0 Å². The summed E-state index contributed by atoms with van der Waals surface area (Å²) in [7, 11) is 3.12. The molecule has 0 spiro atoms. The van der Waals surface area contributed by atoms with Crippen LogP contribution in [0.2, 0.25) is 0 Å². The van der Waals surface area contributed by atoms with Gasteiger partial charge in [0.05, 0.1) is 20.3 Å². The third kappa shape index (κ3) is 4.13. The van der Waals surface area contributed by atoms with Crippen molar-refractivity contribution in [2.75, 3.05) is 20.8 Å². The quantitative estimate of drug-likeness (QED) is 0.847. The van der Waals surface area contributed by atoms with Crippen LogP contribution in [0.4, 0.5) is 0 Å². The number of benzene rings is 1. The molecule has 1 amide bonds. The monoisotopic (exact) mass is 307 g/mol. The van der Waals surface area contributed by atoms with Crippen LogP contribution >= 0.6 is 0 Å². The molecule has 1 saturated carbocycles. The number of aliphatic hydroxyl groups is 1. The second kappa shape index (κ2) is 8.03. The molecule has 1 aromatic carbocycles. The molecule has 1 atom stereocenters. The van der Waals surface area contributed by atoms with E-state index in [1.807, 2.05) is 0 Å². The van der Waals surface area contributed by atoms with Gasteiger partial charge in [0.2, 0.25) is 5.91 Å². The van der Waals surface area contributed by atoms with E-state index in [0.717, 1.165) is 25.7 Å². The van der Waals surface area contributed by atoms with Gasteiger partial charge in [0.1, 0.15) is 0 Å². The highest BCUT2D eigenvalue weighted by Gasteiger charge is 2.21. The predicted octanol–water partition coefficient (Wildman–Crippen LogP) is 2.43. The molecule has 1 fully saturated rings. The Morgan fingerprint density at radius 3 is 2.55 bits per heavy atom. The topological polar surface area (TPSA) is 67.8 Å². The van der Waals surface area contributed by atoms with Crippen molar-refractivity contribution in [2.45, 2.75) is 38.2 Å². The van der Waals surface area contributed by atoms with Crippen molar-refractivity contribution >= 4 is 5.91 Å². The van der Waals surface area contributed by atoms with E-state index in [0.29, 0.717) is 17.1 Å². The molecule has 0 bridgehead atoms. The number of carbonyl (C=O) groups excluding carboxylic acids is 1. The Bertz CT molecular complexity index is 497. The smallest absolute Gasteiger partial charge is 0.223 e. The zero-order valence-electron chi connectivity index (χ0n) is 13.3. The molecule has 122 valence electrons. The first-order valence-electron chi connectivity index (χ1n) is 7.83. The minimum atomic E-state index is -0.757. The Morgan fingerprint density at radius 2 is 1.91 bits per heavy atom. The van der Waals surface area contributed by atoms with Crippen LogP contribution < -0.4 is 14.8 Å². The van der Waals surface area contributed by atoms with Crippen molar-refractivity contribution in [1.29, 1.82) is 0 Å². The molecule has 5 heteroatoms. The lowest BCUT2D eigenvalue weighted by atomic mass is 9.88. The van der Waals surface area contributed by atoms with Gasteiger partial charge in [0, 0.05) is 12.5 Å². The van der Waals surface area contributed by atoms with Gasteiger partial charge in [-0.2, -0.15) is 0 Å². The second-order valence-corrected chi connectivity index (χ2v) is 5.71. The van der Waals surface area contributed by atoms with Crippen LogP contribution in [0.15, 0.2) is 18.2 Å². The highest BCUT2D eigenvalue weighted by Crippen LogP contribution is 2.30. The van der Waals surface area contributed by atoms with E-state index in [9.17, 15) is 9.90 Å². The van der Waals surface area contributed by atoms with Gasteiger partial charge in [-0.15, -0.1) is 0 Å². The van der Waals surface area contributed by atoms with E-state index in [-0.39, 0.29) is 18.4 Å². The van der Waals surface area contributed by atoms with Crippen molar-refractivity contribution in [3.63, 3.8) is 0 Å². The predicted molar refractivity (Wildman–Crippen MR) is 84.1 cm³/mol. The number of rotatable bonds is 6. The fraction of sp³-hybridized carbons (Fsp3) is 0.588. The zero-order valence-corrected chi connectivity index (χ0v) is 13.3. The maximum Gasteiger partial charge on any atom is 0.223 e. The van der Waals surface area contributed by atoms with E-state index >= 15 is 0 Å². The number of amides is 1. The van der Waals surface area contributed by atoms with Gasteiger partial charge in [0.25, 0.3) is 0 Å². The summed E-state index contributed by atoms with van der Waals surface area (Å²) in [6, 6.07) is 5.26. The Hall–Kier alpha value is -1.75. The van der Waals surface area contributed by atoms with Crippen LogP contribution in [0.1, 0.15) is 43.8 Å². The maximum absolute atomic E-state index is 12.1. The number of methoxy groups -OCH3 is 2. The van der Waals surface area contributed by atoms with Crippen LogP contribution in [0.5, 0.6) is 11.5 Å². The number of hydrogen-bond donors (Lipinski definition) is 2.